The van der Waals surface area contributed by atoms with E-state index in [0.29, 0.717) is 35.5 Å². The summed E-state index contributed by atoms with van der Waals surface area (Å²) in [6.07, 6.45) is 1.49. The Hall–Kier alpha value is -3.68. The first-order valence-corrected chi connectivity index (χ1v) is 7.93. The third-order valence-electron chi connectivity index (χ3n) is 3.86. The highest BCUT2D eigenvalue weighted by Gasteiger charge is 2.13. The lowest BCUT2D eigenvalue weighted by Gasteiger charge is -2.18. The largest absolute Gasteiger partial charge is 0.486 e. The molecule has 3 aromatic rings. The number of aromatic nitrogens is 2. The summed E-state index contributed by atoms with van der Waals surface area (Å²) in [5.74, 6) is 0.799. The summed E-state index contributed by atoms with van der Waals surface area (Å²) in [6, 6.07) is 12.1. The first kappa shape index (κ1) is 15.8. The van der Waals surface area contributed by atoms with Gasteiger partial charge < -0.3 is 9.47 Å². The van der Waals surface area contributed by atoms with Gasteiger partial charge >= 0.3 is 0 Å². The Bertz CT molecular complexity index is 1070. The number of carbonyl (C=O) groups is 1. The summed E-state index contributed by atoms with van der Waals surface area (Å²) in [4.78, 5) is 24.1. The van der Waals surface area contributed by atoms with Crippen LogP contribution >= 0.6 is 0 Å². The number of rotatable bonds is 3. The van der Waals surface area contributed by atoms with E-state index >= 15 is 0 Å². The van der Waals surface area contributed by atoms with Gasteiger partial charge in [-0.15, -0.1) is 0 Å². The number of benzene rings is 2. The van der Waals surface area contributed by atoms with E-state index in [1.54, 1.807) is 42.5 Å². The second-order valence-corrected chi connectivity index (χ2v) is 5.55. The van der Waals surface area contributed by atoms with Gasteiger partial charge in [0.2, 0.25) is 0 Å². The highest BCUT2D eigenvalue weighted by molar-refractivity contribution is 6.04. The van der Waals surface area contributed by atoms with Crippen LogP contribution in [0.1, 0.15) is 16.1 Å². The van der Waals surface area contributed by atoms with Gasteiger partial charge in [0, 0.05) is 5.39 Å². The van der Waals surface area contributed by atoms with E-state index in [1.807, 2.05) is 0 Å². The van der Waals surface area contributed by atoms with Crippen molar-refractivity contribution in [1.82, 2.24) is 15.6 Å². The molecular formula is C18H14N4O4. The molecule has 8 heteroatoms. The standard InChI is InChI=1S/C18H14N4O4/c23-17-13-4-2-1-3-12(13)16(20-22-17)18(24)21-19-10-11-5-6-14-15(9-11)26-8-7-25-14/h1-6,9-10H,7-8H2,(H,21,24)(H,22,23)/b19-10+. The molecule has 2 N–H and O–H groups in total. The van der Waals surface area contributed by atoms with Crippen LogP contribution in [0.2, 0.25) is 0 Å². The van der Waals surface area contributed by atoms with Crippen LogP contribution in [-0.4, -0.2) is 35.5 Å². The topological polar surface area (TPSA) is 106 Å². The average molecular weight is 350 g/mol. The normalized spacial score (nSPS) is 13.1. The quantitative estimate of drug-likeness (QED) is 0.549. The van der Waals surface area contributed by atoms with Crippen LogP contribution < -0.4 is 20.5 Å². The van der Waals surface area contributed by atoms with Gasteiger partial charge in [0.05, 0.1) is 11.6 Å². The van der Waals surface area contributed by atoms with Gasteiger partial charge in [-0.05, 0) is 29.8 Å². The number of fused-ring (bicyclic) bond motifs is 2. The van der Waals surface area contributed by atoms with Crippen LogP contribution in [0.5, 0.6) is 11.5 Å². The number of hydrogen-bond acceptors (Lipinski definition) is 6. The molecule has 0 spiro atoms. The number of hydrogen-bond donors (Lipinski definition) is 2. The smallest absolute Gasteiger partial charge is 0.292 e. The molecule has 2 aromatic carbocycles. The Morgan fingerprint density at radius 2 is 1.88 bits per heavy atom. The van der Waals surface area contributed by atoms with E-state index < -0.39 is 5.91 Å². The molecule has 0 saturated heterocycles. The molecule has 0 fully saturated rings. The molecule has 130 valence electrons. The molecule has 0 radical (unpaired) electrons. The molecule has 1 aliphatic heterocycles. The molecule has 0 saturated carbocycles. The fraction of sp³-hybridized carbons (Fsp3) is 0.111. The Morgan fingerprint density at radius 3 is 2.73 bits per heavy atom. The molecule has 0 bridgehead atoms. The van der Waals surface area contributed by atoms with E-state index in [9.17, 15) is 9.59 Å². The van der Waals surface area contributed by atoms with Crippen molar-refractivity contribution >= 4 is 22.9 Å². The summed E-state index contributed by atoms with van der Waals surface area (Å²) in [7, 11) is 0. The second-order valence-electron chi connectivity index (χ2n) is 5.55. The second kappa shape index (κ2) is 6.67. The van der Waals surface area contributed by atoms with E-state index in [4.69, 9.17) is 9.47 Å². The van der Waals surface area contributed by atoms with Gasteiger partial charge in [-0.3, -0.25) is 9.59 Å². The number of nitrogens with one attached hydrogen (secondary N) is 2. The zero-order chi connectivity index (χ0) is 17.9. The number of H-pyrrole nitrogens is 1. The third-order valence-corrected chi connectivity index (χ3v) is 3.86. The third kappa shape index (κ3) is 3.00. The summed E-state index contributed by atoms with van der Waals surface area (Å²) >= 11 is 0. The highest BCUT2D eigenvalue weighted by atomic mass is 16.6. The first-order chi connectivity index (χ1) is 12.7. The number of amides is 1. The molecule has 8 nitrogen and oxygen atoms in total. The van der Waals surface area contributed by atoms with Crippen LogP contribution in [0.25, 0.3) is 10.8 Å². The number of carbonyl (C=O) groups excluding carboxylic acids is 1. The molecular weight excluding hydrogens is 336 g/mol. The molecule has 0 unspecified atom stereocenters. The summed E-state index contributed by atoms with van der Waals surface area (Å²) in [5.41, 5.74) is 2.90. The van der Waals surface area contributed by atoms with Crippen molar-refractivity contribution < 1.29 is 14.3 Å². The zero-order valence-corrected chi connectivity index (χ0v) is 13.6. The van der Waals surface area contributed by atoms with Crippen molar-refractivity contribution in [1.29, 1.82) is 0 Å². The molecule has 0 atom stereocenters. The Labute approximate surface area is 147 Å². The average Bonchev–Trinajstić information content (AvgIpc) is 2.68. The number of nitrogens with zero attached hydrogens (tertiary/aromatic N) is 2. The van der Waals surface area contributed by atoms with Crippen molar-refractivity contribution in [3.05, 3.63) is 64.1 Å². The fourth-order valence-corrected chi connectivity index (χ4v) is 2.65. The molecule has 1 aromatic heterocycles. The maximum absolute atomic E-state index is 12.3. The maximum atomic E-state index is 12.3. The Balaban J connectivity index is 1.53. The van der Waals surface area contributed by atoms with Gasteiger partial charge in [0.1, 0.15) is 13.2 Å². The van der Waals surface area contributed by atoms with Crippen LogP contribution in [-0.2, 0) is 0 Å². The SMILES string of the molecule is O=C(N/N=C/c1ccc2c(c1)OCCO2)c1n[nH]c(=O)c2ccccc12. The van der Waals surface area contributed by atoms with Crippen LogP contribution in [0.4, 0.5) is 0 Å². The summed E-state index contributed by atoms with van der Waals surface area (Å²) in [5, 5.41) is 10.9. The molecule has 2 heterocycles. The Kier molecular flexibility index (Phi) is 4.06. The van der Waals surface area contributed by atoms with Gasteiger partial charge in [0.15, 0.2) is 17.2 Å². The maximum Gasteiger partial charge on any atom is 0.292 e. The van der Waals surface area contributed by atoms with Crippen molar-refractivity contribution in [2.24, 2.45) is 5.10 Å². The molecule has 4 rings (SSSR count). The predicted molar refractivity (Wildman–Crippen MR) is 94.9 cm³/mol. The van der Waals surface area contributed by atoms with Crippen LogP contribution in [0.15, 0.2) is 52.4 Å². The first-order valence-electron chi connectivity index (χ1n) is 7.93. The minimum atomic E-state index is -0.522. The van der Waals surface area contributed by atoms with Crippen molar-refractivity contribution in [2.45, 2.75) is 0 Å². The Morgan fingerprint density at radius 1 is 1.12 bits per heavy atom. The lowest BCUT2D eigenvalue weighted by atomic mass is 10.1. The summed E-state index contributed by atoms with van der Waals surface area (Å²) in [6.45, 7) is 1.02. The molecule has 26 heavy (non-hydrogen) atoms. The van der Waals surface area contributed by atoms with E-state index in [1.165, 1.54) is 6.21 Å². The minimum absolute atomic E-state index is 0.0968. The summed E-state index contributed by atoms with van der Waals surface area (Å²) < 4.78 is 11.0. The lowest BCUT2D eigenvalue weighted by Crippen LogP contribution is -2.22. The number of aromatic amines is 1. The van der Waals surface area contributed by atoms with Crippen molar-refractivity contribution in [3.8, 4) is 11.5 Å². The lowest BCUT2D eigenvalue weighted by molar-refractivity contribution is 0.0951. The van der Waals surface area contributed by atoms with Crippen LogP contribution in [0.3, 0.4) is 0 Å². The fourth-order valence-electron chi connectivity index (χ4n) is 2.65. The van der Waals surface area contributed by atoms with Crippen molar-refractivity contribution in [3.63, 3.8) is 0 Å². The van der Waals surface area contributed by atoms with Gasteiger partial charge in [-0.2, -0.15) is 10.2 Å². The van der Waals surface area contributed by atoms with Gasteiger partial charge in [0.25, 0.3) is 11.5 Å². The molecule has 1 amide bonds. The number of ether oxygens (including phenoxy) is 2. The molecule has 0 aliphatic carbocycles. The van der Waals surface area contributed by atoms with E-state index in [-0.39, 0.29) is 11.3 Å². The van der Waals surface area contributed by atoms with Gasteiger partial charge in [-0.25, -0.2) is 10.5 Å². The van der Waals surface area contributed by atoms with E-state index in [0.717, 1.165) is 5.56 Å². The zero-order valence-electron chi connectivity index (χ0n) is 13.6. The number of hydrazone groups is 1. The van der Waals surface area contributed by atoms with Gasteiger partial charge in [-0.1, -0.05) is 18.2 Å². The minimum Gasteiger partial charge on any atom is -0.486 e. The monoisotopic (exact) mass is 350 g/mol. The highest BCUT2D eigenvalue weighted by Crippen LogP contribution is 2.30. The van der Waals surface area contributed by atoms with E-state index in [2.05, 4.69) is 20.7 Å². The predicted octanol–water partition coefficient (Wildman–Crippen LogP) is 1.46. The van der Waals surface area contributed by atoms with Crippen LogP contribution in [0, 0.1) is 0 Å². The van der Waals surface area contributed by atoms with Crippen molar-refractivity contribution in [2.75, 3.05) is 13.2 Å². The molecule has 1 aliphatic rings.